The van der Waals surface area contributed by atoms with Gasteiger partial charge in [0.15, 0.2) is 0 Å². The molecule has 10 saturated carbocycles. The standard InChI is InChI=1S/C21H21ClN6O3.2C17H17ClN6O2.C13H12BrClN2O2.C8H10N4O.K.H2O/c22-13-7-14(25-15-8-16(24-9-23-15)26-18(29)10-1-2-10)20(31)28-17(13)19(30)27-21(28)11-3-4-12(21)6-5-11;2*18-10-5-11(22-13-6-12(19)20-7-21-13)16(26)24-14(10)15(25)23-17(24)8-1-2-9(17)4-3-8;14-8-5-9(15)10-11(18)16-13(17(10)12(8)19)6-1-2-7(13)4-3-6;9-6-3-7(11-4-10-6)12-8(13)5-1-2-5;;/h7-12H,1-6H2,(H,27,30)(H2,23,24,25,26,29);2*5-9H,1-4H2,(H,23,25)(H3,19,20,21,22);5-7H,1-4H2,(H,16,18);3-5H,1-2H2,(H3,9,10,11,12,13);;1H2/q;;;;;+1;/p-1. The predicted octanol–water partition coefficient (Wildman–Crippen LogP) is 5.98. The first kappa shape index (κ1) is 81.7. The molecule has 41 heteroatoms. The molecular weight excluding hydrogens is 1690 g/mol. The molecule has 22 rings (SSSR count). The zero-order chi connectivity index (χ0) is 80.1. The number of carbonyl (C=O) groups is 6. The molecule has 117 heavy (non-hydrogen) atoms. The van der Waals surface area contributed by atoms with Gasteiger partial charge in [0, 0.05) is 83.4 Å². The quantitative estimate of drug-likeness (QED) is 0.0700. The molecule has 16 N–H and O–H groups in total. The molecule has 604 valence electrons. The number of hydrogen-bond acceptors (Lipinski definition) is 25. The van der Waals surface area contributed by atoms with Gasteiger partial charge in [0.05, 0.1) is 24.6 Å². The van der Waals surface area contributed by atoms with E-state index in [1.54, 1.807) is 30.4 Å². The summed E-state index contributed by atoms with van der Waals surface area (Å²) in [6.07, 6.45) is 25.3. The number of nitrogen functional groups attached to an aromatic ring is 3. The third-order valence-electron chi connectivity index (χ3n) is 26.0. The minimum Gasteiger partial charge on any atom is -0.870 e. The van der Waals surface area contributed by atoms with E-state index in [1.165, 1.54) is 61.7 Å². The van der Waals surface area contributed by atoms with E-state index in [1.807, 2.05) is 0 Å². The fraction of sp³-hybridized carbons (Fsp3) is 0.447. The Bertz CT molecular complexity index is 5530. The Morgan fingerprint density at radius 2 is 0.581 bits per heavy atom. The van der Waals surface area contributed by atoms with E-state index in [-0.39, 0.29) is 223 Å². The summed E-state index contributed by atoms with van der Waals surface area (Å²) in [5, 5.41) is 27.9. The van der Waals surface area contributed by atoms with Crippen molar-refractivity contribution in [2.75, 3.05) is 43.8 Å². The summed E-state index contributed by atoms with van der Waals surface area (Å²) in [6, 6.07) is 12.1. The van der Waals surface area contributed by atoms with Crippen LogP contribution in [0.15, 0.2) is 97.5 Å². The predicted molar refractivity (Wildman–Crippen MR) is 430 cm³/mol. The van der Waals surface area contributed by atoms with E-state index in [9.17, 15) is 47.9 Å². The van der Waals surface area contributed by atoms with Gasteiger partial charge in [-0.15, -0.1) is 0 Å². The van der Waals surface area contributed by atoms with Crippen LogP contribution in [0.2, 0.25) is 20.1 Å². The van der Waals surface area contributed by atoms with Crippen molar-refractivity contribution >= 4 is 161 Å². The molecule has 4 aliphatic heterocycles. The Labute approximate surface area is 736 Å². The first-order valence-corrected chi connectivity index (χ1v) is 40.9. The van der Waals surface area contributed by atoms with Crippen LogP contribution in [0.1, 0.15) is 170 Å². The van der Waals surface area contributed by atoms with Crippen molar-refractivity contribution < 1.29 is 85.6 Å². The van der Waals surface area contributed by atoms with Crippen LogP contribution in [-0.4, -0.2) is 99.1 Å². The number of nitrogens with zero attached hydrogens (tertiary/aromatic N) is 12. The average Bonchev–Trinajstić information content (AvgIpc) is 1.56. The Balaban J connectivity index is 0.000000112. The fourth-order valence-corrected chi connectivity index (χ4v) is 22.6. The molecule has 8 bridgehead atoms. The summed E-state index contributed by atoms with van der Waals surface area (Å²) in [7, 11) is 0. The zero-order valence-electron chi connectivity index (χ0n) is 62.9. The molecule has 10 aliphatic carbocycles. The smallest absolute Gasteiger partial charge is 0.870 e. The van der Waals surface area contributed by atoms with Gasteiger partial charge in [-0.3, -0.25) is 66.2 Å². The number of nitrogens with two attached hydrogens (primary N) is 3. The number of hydrogen-bond donors (Lipinski definition) is 12. The fourth-order valence-electron chi connectivity index (χ4n) is 20.9. The van der Waals surface area contributed by atoms with Crippen LogP contribution in [0.4, 0.5) is 63.6 Å². The van der Waals surface area contributed by atoms with Gasteiger partial charge in [0.1, 0.15) is 134 Å². The van der Waals surface area contributed by atoms with Gasteiger partial charge in [-0.2, -0.15) is 0 Å². The summed E-state index contributed by atoms with van der Waals surface area (Å²) in [5.74, 6) is 4.28. The number of amides is 6. The number of fused-ring (bicyclic) bond motifs is 4. The molecule has 8 aromatic rings. The largest absolute Gasteiger partial charge is 1.00 e. The monoisotopic (exact) mass is 1760 g/mol. The van der Waals surface area contributed by atoms with Gasteiger partial charge in [0.25, 0.3) is 45.9 Å². The Hall–Kier alpha value is -9.02. The van der Waals surface area contributed by atoms with E-state index < -0.39 is 22.7 Å². The number of rotatable bonds is 10. The molecule has 0 radical (unpaired) electrons. The second kappa shape index (κ2) is 31.3. The number of nitrogens with one attached hydrogen (secondary N) is 9. The zero-order valence-corrected chi connectivity index (χ0v) is 70.6. The topological polar surface area (TPSA) is 510 Å². The van der Waals surface area contributed by atoms with Crippen LogP contribution in [0.3, 0.4) is 0 Å². The molecule has 10 fully saturated rings. The maximum Gasteiger partial charge on any atom is 1.00 e. The second-order valence-corrected chi connectivity index (χ2v) is 34.5. The third kappa shape index (κ3) is 13.7. The van der Waals surface area contributed by atoms with Crippen molar-refractivity contribution in [2.24, 2.45) is 59.2 Å². The summed E-state index contributed by atoms with van der Waals surface area (Å²) >= 11 is 28.7. The van der Waals surface area contributed by atoms with Crippen molar-refractivity contribution in [1.82, 2.24) is 79.4 Å². The van der Waals surface area contributed by atoms with Crippen molar-refractivity contribution in [1.29, 1.82) is 0 Å². The van der Waals surface area contributed by atoms with Crippen LogP contribution >= 0.6 is 62.3 Å². The van der Waals surface area contributed by atoms with Gasteiger partial charge in [-0.1, -0.05) is 46.4 Å². The maximum atomic E-state index is 13.5. The summed E-state index contributed by atoms with van der Waals surface area (Å²) in [5.41, 5.74) is 15.1. The minimum absolute atomic E-state index is 0. The maximum absolute atomic E-state index is 13.5. The van der Waals surface area contributed by atoms with Crippen molar-refractivity contribution in [3.05, 3.63) is 163 Å². The summed E-state index contributed by atoms with van der Waals surface area (Å²) in [6.45, 7) is 0. The number of anilines is 11. The van der Waals surface area contributed by atoms with Crippen molar-refractivity contribution in [3.8, 4) is 0 Å². The van der Waals surface area contributed by atoms with E-state index in [4.69, 9.17) is 63.6 Å². The Morgan fingerprint density at radius 1 is 0.350 bits per heavy atom. The Morgan fingerprint density at radius 3 is 0.855 bits per heavy atom. The van der Waals surface area contributed by atoms with Crippen LogP contribution in [0, 0.1) is 59.2 Å². The number of pyridine rings is 4. The number of carbonyl (C=O) groups excluding carboxylic acids is 6. The molecule has 0 saturated heterocycles. The first-order valence-electron chi connectivity index (χ1n) is 38.6. The molecule has 0 atom stereocenters. The second-order valence-electron chi connectivity index (χ2n) is 32.0. The number of aromatic nitrogens is 12. The van der Waals surface area contributed by atoms with Crippen LogP contribution < -0.4 is 139 Å². The molecule has 35 nitrogen and oxygen atoms in total. The third-order valence-corrected chi connectivity index (χ3v) is 27.7. The normalized spacial score (nSPS) is 27.4. The first-order chi connectivity index (χ1) is 55.3. The SMILES string of the molecule is Nc1cc(NC(=O)C2CC2)ncn1.Nc1cc(Nc2cc(Cl)c3n(c2=O)C2(NC3=O)C3CCC2CC3)ncn1.Nc1cc(Nc2cc(Cl)c3n(c2=O)C2(NC3=O)C3CCC2CC3)ncn1.O=C1NC2(C3CCC2CC3)n2c1c(Cl)cc(Br)c2=O.O=C1NC2(C3CCC2CC3)n2c1c(Cl)cc(Nc1cc(NC(=O)C3CC3)ncn1)c2=O.[K+].[OH-]. The van der Waals surface area contributed by atoms with Gasteiger partial charge < -0.3 is 70.5 Å². The molecular formula is C76H78BrCl4KN24O11. The molecule has 14 aliphatic rings. The van der Waals surface area contributed by atoms with E-state index in [0.717, 1.165) is 128 Å². The molecule has 0 aromatic carbocycles. The van der Waals surface area contributed by atoms with E-state index >= 15 is 0 Å². The van der Waals surface area contributed by atoms with Gasteiger partial charge in [-0.25, -0.2) is 39.9 Å². The van der Waals surface area contributed by atoms with Crippen molar-refractivity contribution in [2.45, 2.75) is 151 Å². The van der Waals surface area contributed by atoms with Gasteiger partial charge in [-0.05, 0) is 169 Å². The van der Waals surface area contributed by atoms with E-state index in [0.29, 0.717) is 61.9 Å². The average molecular weight is 1760 g/mol. The van der Waals surface area contributed by atoms with E-state index in [2.05, 4.69) is 104 Å². The van der Waals surface area contributed by atoms with Crippen LogP contribution in [0.5, 0.6) is 0 Å². The molecule has 4 spiro atoms. The molecule has 0 unspecified atom stereocenters. The number of halogens is 5. The summed E-state index contributed by atoms with van der Waals surface area (Å²) in [4.78, 5) is 158. The molecule has 12 heterocycles. The van der Waals surface area contributed by atoms with Gasteiger partial charge in [0.2, 0.25) is 11.8 Å². The minimum atomic E-state index is -0.681. The summed E-state index contributed by atoms with van der Waals surface area (Å²) < 4.78 is 6.84. The molecule has 8 aromatic heterocycles. The van der Waals surface area contributed by atoms with Crippen molar-refractivity contribution in [3.63, 3.8) is 0 Å². The van der Waals surface area contributed by atoms with Crippen LogP contribution in [-0.2, 0) is 32.2 Å². The molecule has 6 amide bonds. The van der Waals surface area contributed by atoms with Crippen LogP contribution in [0.25, 0.3) is 0 Å². The Kier molecular flexibility index (Phi) is 21.8. The van der Waals surface area contributed by atoms with Gasteiger partial charge >= 0.3 is 51.4 Å².